The molecule has 0 amide bonds. The average molecular weight is 361 g/mol. The van der Waals surface area contributed by atoms with Gasteiger partial charge in [0.25, 0.3) is 0 Å². The molecule has 6 nitrogen and oxygen atoms in total. The molecule has 1 N–H and O–H groups in total. The summed E-state index contributed by atoms with van der Waals surface area (Å²) in [4.78, 5) is 8.35. The topological polar surface area (TPSA) is 68.0 Å². The zero-order valence-electron chi connectivity index (χ0n) is 13.0. The molecule has 0 aliphatic heterocycles. The van der Waals surface area contributed by atoms with Crippen LogP contribution in [0.1, 0.15) is 18.1 Å². The highest BCUT2D eigenvalue weighted by Gasteiger charge is 2.04. The summed E-state index contributed by atoms with van der Waals surface area (Å²) in [5, 5.41) is 9.54. The van der Waals surface area contributed by atoms with Crippen molar-refractivity contribution >= 4 is 34.7 Å². The molecule has 3 rings (SSSR count). The number of aryl methyl sites for hydroxylation is 1. The van der Waals surface area contributed by atoms with Gasteiger partial charge in [-0.1, -0.05) is 29.3 Å². The SMILES string of the molecule is CC(=NNc1cc(-n2cc(C)cn2)ncn1)c1ccc(Cl)c(Cl)c1. The lowest BCUT2D eigenvalue weighted by molar-refractivity contribution is 0.839. The predicted molar refractivity (Wildman–Crippen MR) is 96.2 cm³/mol. The molecule has 0 radical (unpaired) electrons. The average Bonchev–Trinajstić information content (AvgIpc) is 3.02. The Morgan fingerprint density at radius 2 is 2.00 bits per heavy atom. The van der Waals surface area contributed by atoms with Crippen molar-refractivity contribution in [3.63, 3.8) is 0 Å². The maximum atomic E-state index is 6.03. The quantitative estimate of drug-likeness (QED) is 0.561. The predicted octanol–water partition coefficient (Wildman–Crippen LogP) is 4.11. The van der Waals surface area contributed by atoms with Crippen LogP contribution < -0.4 is 5.43 Å². The van der Waals surface area contributed by atoms with Crippen molar-refractivity contribution in [1.82, 2.24) is 19.7 Å². The lowest BCUT2D eigenvalue weighted by atomic mass is 10.1. The van der Waals surface area contributed by atoms with Crippen molar-refractivity contribution in [2.75, 3.05) is 5.43 Å². The molecule has 24 heavy (non-hydrogen) atoms. The van der Waals surface area contributed by atoms with E-state index in [-0.39, 0.29) is 0 Å². The summed E-state index contributed by atoms with van der Waals surface area (Å²) >= 11 is 12.0. The Kier molecular flexibility index (Phi) is 4.78. The van der Waals surface area contributed by atoms with Gasteiger partial charge in [0, 0.05) is 12.3 Å². The normalized spacial score (nSPS) is 11.6. The molecule has 2 aromatic heterocycles. The van der Waals surface area contributed by atoms with E-state index in [1.54, 1.807) is 29.1 Å². The highest BCUT2D eigenvalue weighted by atomic mass is 35.5. The van der Waals surface area contributed by atoms with E-state index in [0.29, 0.717) is 21.7 Å². The highest BCUT2D eigenvalue weighted by Crippen LogP contribution is 2.23. The van der Waals surface area contributed by atoms with E-state index in [4.69, 9.17) is 23.2 Å². The highest BCUT2D eigenvalue weighted by molar-refractivity contribution is 6.42. The van der Waals surface area contributed by atoms with Gasteiger partial charge in [-0.3, -0.25) is 5.43 Å². The molecule has 3 aromatic rings. The van der Waals surface area contributed by atoms with Crippen LogP contribution in [0.3, 0.4) is 0 Å². The molecule has 0 saturated carbocycles. The van der Waals surface area contributed by atoms with Crippen molar-refractivity contribution in [2.24, 2.45) is 5.10 Å². The molecule has 8 heteroatoms. The first-order valence-corrected chi connectivity index (χ1v) is 7.88. The Bertz CT molecular complexity index is 903. The summed E-state index contributed by atoms with van der Waals surface area (Å²) in [6.45, 7) is 3.83. The first kappa shape index (κ1) is 16.4. The Balaban J connectivity index is 1.79. The van der Waals surface area contributed by atoms with E-state index < -0.39 is 0 Å². The van der Waals surface area contributed by atoms with Gasteiger partial charge in [0.2, 0.25) is 0 Å². The maximum absolute atomic E-state index is 6.03. The van der Waals surface area contributed by atoms with Crippen molar-refractivity contribution < 1.29 is 0 Å². The Morgan fingerprint density at radius 3 is 2.71 bits per heavy atom. The number of hydrogen-bond donors (Lipinski definition) is 1. The summed E-state index contributed by atoms with van der Waals surface area (Å²) in [5.41, 5.74) is 5.59. The molecular weight excluding hydrogens is 347 g/mol. The van der Waals surface area contributed by atoms with Gasteiger partial charge < -0.3 is 0 Å². The van der Waals surface area contributed by atoms with E-state index in [1.165, 1.54) is 6.33 Å². The number of anilines is 1. The number of nitrogens with zero attached hydrogens (tertiary/aromatic N) is 5. The van der Waals surface area contributed by atoms with Crippen molar-refractivity contribution in [2.45, 2.75) is 13.8 Å². The van der Waals surface area contributed by atoms with Crippen LogP contribution in [-0.2, 0) is 0 Å². The number of aromatic nitrogens is 4. The number of hydrogen-bond acceptors (Lipinski definition) is 5. The van der Waals surface area contributed by atoms with E-state index in [2.05, 4.69) is 25.6 Å². The lowest BCUT2D eigenvalue weighted by Crippen LogP contribution is -2.03. The lowest BCUT2D eigenvalue weighted by Gasteiger charge is -2.05. The molecule has 2 heterocycles. The number of halogens is 2. The fourth-order valence-corrected chi connectivity index (χ4v) is 2.30. The Morgan fingerprint density at radius 1 is 1.17 bits per heavy atom. The molecule has 1 aromatic carbocycles. The number of benzene rings is 1. The van der Waals surface area contributed by atoms with Gasteiger partial charge >= 0.3 is 0 Å². The molecule has 0 aliphatic rings. The van der Waals surface area contributed by atoms with Crippen molar-refractivity contribution in [3.05, 3.63) is 64.2 Å². The summed E-state index contributed by atoms with van der Waals surface area (Å²) < 4.78 is 1.68. The van der Waals surface area contributed by atoms with E-state index >= 15 is 0 Å². The van der Waals surface area contributed by atoms with Crippen LogP contribution in [0.25, 0.3) is 5.82 Å². The van der Waals surface area contributed by atoms with Crippen molar-refractivity contribution in [1.29, 1.82) is 0 Å². The van der Waals surface area contributed by atoms with Crippen LogP contribution in [-0.4, -0.2) is 25.5 Å². The second-order valence-corrected chi connectivity index (χ2v) is 5.98. The smallest absolute Gasteiger partial charge is 0.158 e. The monoisotopic (exact) mass is 360 g/mol. The molecule has 0 bridgehead atoms. The molecular formula is C16H14Cl2N6. The van der Waals surface area contributed by atoms with Gasteiger partial charge in [-0.15, -0.1) is 0 Å². The zero-order valence-corrected chi connectivity index (χ0v) is 14.5. The molecule has 0 spiro atoms. The molecule has 0 fully saturated rings. The minimum absolute atomic E-state index is 0.488. The maximum Gasteiger partial charge on any atom is 0.158 e. The number of hydrazone groups is 1. The van der Waals surface area contributed by atoms with Crippen LogP contribution in [0.15, 0.2) is 48.1 Å². The van der Waals surface area contributed by atoms with Crippen LogP contribution in [0.2, 0.25) is 10.0 Å². The summed E-state index contributed by atoms with van der Waals surface area (Å²) in [5.74, 6) is 1.22. The van der Waals surface area contributed by atoms with Gasteiger partial charge in [-0.05, 0) is 37.1 Å². The van der Waals surface area contributed by atoms with Gasteiger partial charge in [-0.25, -0.2) is 14.6 Å². The standard InChI is InChI=1S/C16H14Cl2N6/c1-10-7-21-24(8-10)16-6-15(19-9-20-16)23-22-11(2)12-3-4-13(17)14(18)5-12/h3-9H,1-2H3,(H,19,20,23). The van der Waals surface area contributed by atoms with Crippen LogP contribution in [0, 0.1) is 6.92 Å². The Hall–Kier alpha value is -2.44. The molecule has 0 saturated heterocycles. The second-order valence-electron chi connectivity index (χ2n) is 5.16. The fraction of sp³-hybridized carbons (Fsp3) is 0.125. The fourth-order valence-electron chi connectivity index (χ4n) is 2.00. The first-order valence-electron chi connectivity index (χ1n) is 7.12. The van der Waals surface area contributed by atoms with Gasteiger partial charge in [-0.2, -0.15) is 10.2 Å². The number of nitrogens with one attached hydrogen (secondary N) is 1. The van der Waals surface area contributed by atoms with Gasteiger partial charge in [0.05, 0.1) is 22.0 Å². The first-order chi connectivity index (χ1) is 11.5. The molecule has 0 atom stereocenters. The molecule has 0 aliphatic carbocycles. The van der Waals surface area contributed by atoms with E-state index in [0.717, 1.165) is 16.8 Å². The number of rotatable bonds is 4. The second kappa shape index (κ2) is 6.98. The van der Waals surface area contributed by atoms with Gasteiger partial charge in [0.1, 0.15) is 6.33 Å². The zero-order chi connectivity index (χ0) is 17.1. The van der Waals surface area contributed by atoms with E-state index in [9.17, 15) is 0 Å². The van der Waals surface area contributed by atoms with Gasteiger partial charge in [0.15, 0.2) is 11.6 Å². The van der Waals surface area contributed by atoms with E-state index in [1.807, 2.05) is 26.1 Å². The third-order valence-corrected chi connectivity index (χ3v) is 4.01. The minimum atomic E-state index is 0.488. The van der Waals surface area contributed by atoms with Crippen molar-refractivity contribution in [3.8, 4) is 5.82 Å². The van der Waals surface area contributed by atoms with Crippen LogP contribution >= 0.6 is 23.2 Å². The summed E-state index contributed by atoms with van der Waals surface area (Å²) in [6.07, 6.45) is 5.11. The third-order valence-electron chi connectivity index (χ3n) is 3.27. The Labute approximate surface area is 149 Å². The summed E-state index contributed by atoms with van der Waals surface area (Å²) in [6, 6.07) is 7.12. The molecule has 0 unspecified atom stereocenters. The molecule has 122 valence electrons. The van der Waals surface area contributed by atoms with Crippen LogP contribution in [0.4, 0.5) is 5.82 Å². The van der Waals surface area contributed by atoms with Crippen LogP contribution in [0.5, 0.6) is 0 Å². The summed E-state index contributed by atoms with van der Waals surface area (Å²) in [7, 11) is 0. The largest absolute Gasteiger partial charge is 0.261 e. The minimum Gasteiger partial charge on any atom is -0.261 e. The third kappa shape index (κ3) is 3.72.